The molecular weight excluding hydrogens is 1510 g/mol. The lowest BCUT2D eigenvalue weighted by molar-refractivity contribution is 0.619. The molecule has 13 nitrogen and oxygen atoms in total. The lowest BCUT2D eigenvalue weighted by atomic mass is 9.98. The van der Waals surface area contributed by atoms with Gasteiger partial charge < -0.3 is 13.3 Å². The molecule has 6 heterocycles. The number of aromatic nitrogens is 10. The van der Waals surface area contributed by atoms with E-state index in [2.05, 4.69) is 170 Å². The second-order valence-electron chi connectivity index (χ2n) is 30.1. The van der Waals surface area contributed by atoms with Gasteiger partial charge in [0, 0.05) is 82.9 Å². The van der Waals surface area contributed by atoms with Crippen LogP contribution in [-0.2, 0) is 0 Å². The Balaban J connectivity index is 0.000000110. The Kier molecular flexibility index (Phi) is 18.6. The topological polar surface area (TPSA) is 168 Å². The minimum atomic E-state index is 0.610. The smallest absolute Gasteiger partial charge is 0.227 e. The van der Waals surface area contributed by atoms with Gasteiger partial charge in [0.25, 0.3) is 0 Å². The van der Waals surface area contributed by atoms with Crippen LogP contribution < -0.4 is 0 Å². The van der Waals surface area contributed by atoms with Gasteiger partial charge in [-0.3, -0.25) is 0 Å². The lowest BCUT2D eigenvalue weighted by Crippen LogP contribution is -2.00. The fraction of sp³-hybridized carbons (Fsp3) is 0. The normalized spacial score (nSPS) is 11.4. The Morgan fingerprint density at radius 1 is 0.163 bits per heavy atom. The zero-order valence-corrected chi connectivity index (χ0v) is 66.0. The first-order valence-electron chi connectivity index (χ1n) is 40.7. The largest absolute Gasteiger partial charge is 0.436 e. The molecule has 0 aliphatic rings. The number of fused-ring (bicyclic) bond motifs is 15. The first kappa shape index (κ1) is 72.5. The SMILES string of the molecule is c1ccc(-c2cc(-c3ccccc3)nc(-c3ccc4ccc5ccc6nc(-c7ccccc7)oc6c5c4c3)n2)cc1.c1ccc(-c2cc(-c3ccccc3)nc(-c3ccc4ccc5ccc6oc(-c7ccccc7)nc6c5c4c3)n2)cc1.c1ccc(-c2nc(-c3ccccc3)nc(-c3ccc4ccc5ccc6oc(-c7ccccc7)nc6c5c4c3)n2)cc1. The van der Waals surface area contributed by atoms with E-state index in [-0.39, 0.29) is 0 Å². The maximum atomic E-state index is 6.43. The van der Waals surface area contributed by atoms with Gasteiger partial charge in [-0.05, 0) is 133 Å². The quantitative estimate of drug-likeness (QED) is 0.106. The molecule has 123 heavy (non-hydrogen) atoms. The Morgan fingerprint density at radius 2 is 0.415 bits per heavy atom. The summed E-state index contributed by atoms with van der Waals surface area (Å²) in [6.45, 7) is 0. The molecule has 0 atom stereocenters. The third-order valence-electron chi connectivity index (χ3n) is 22.3. The molecular formula is C110H68N10O3. The fourth-order valence-corrected chi connectivity index (χ4v) is 16.2. The third kappa shape index (κ3) is 14.2. The minimum absolute atomic E-state index is 0.610. The van der Waals surface area contributed by atoms with Crippen LogP contribution in [0.15, 0.2) is 426 Å². The molecule has 0 aliphatic heterocycles. The highest BCUT2D eigenvalue weighted by Crippen LogP contribution is 2.42. The number of oxazole rings is 3. The van der Waals surface area contributed by atoms with Crippen molar-refractivity contribution in [1.29, 1.82) is 0 Å². The number of benzene rings is 18. The van der Waals surface area contributed by atoms with Crippen LogP contribution in [0.1, 0.15) is 0 Å². The molecule has 576 valence electrons. The minimum Gasteiger partial charge on any atom is -0.436 e. The van der Waals surface area contributed by atoms with Gasteiger partial charge in [-0.1, -0.05) is 328 Å². The molecule has 18 aromatic carbocycles. The van der Waals surface area contributed by atoms with Crippen molar-refractivity contribution < 1.29 is 13.3 Å². The molecule has 0 saturated carbocycles. The van der Waals surface area contributed by atoms with Gasteiger partial charge in [-0.25, -0.2) is 49.8 Å². The molecule has 0 amide bonds. The van der Waals surface area contributed by atoms with E-state index in [0.717, 1.165) is 187 Å². The zero-order valence-electron chi connectivity index (χ0n) is 66.0. The molecule has 0 spiro atoms. The second kappa shape index (κ2) is 31.5. The van der Waals surface area contributed by atoms with Crippen LogP contribution in [0.25, 0.3) is 234 Å². The summed E-state index contributed by atoms with van der Waals surface area (Å²) in [4.78, 5) is 49.7. The Hall–Kier alpha value is -16.9. The van der Waals surface area contributed by atoms with E-state index < -0.39 is 0 Å². The molecule has 0 unspecified atom stereocenters. The summed E-state index contributed by atoms with van der Waals surface area (Å²) in [6, 6.07) is 140. The Labute approximate surface area is 705 Å². The van der Waals surface area contributed by atoms with E-state index >= 15 is 0 Å². The molecule has 6 aromatic heterocycles. The van der Waals surface area contributed by atoms with E-state index in [1.807, 2.05) is 243 Å². The summed E-state index contributed by atoms with van der Waals surface area (Å²) in [7, 11) is 0. The summed E-state index contributed by atoms with van der Waals surface area (Å²) in [5.74, 6) is 5.10. The molecule has 0 N–H and O–H groups in total. The van der Waals surface area contributed by atoms with Crippen LogP contribution in [0.4, 0.5) is 0 Å². The van der Waals surface area contributed by atoms with Gasteiger partial charge >= 0.3 is 0 Å². The Morgan fingerprint density at radius 3 is 0.756 bits per heavy atom. The molecule has 0 fully saturated rings. The number of rotatable bonds is 12. The third-order valence-corrected chi connectivity index (χ3v) is 22.3. The standard InChI is InChI=1S/2C37H23N3O.C36H22N4O/c1-4-10-25(11-5-1)31-23-32(26-12-6-2-7-13-26)39-36(38-31)29-19-17-24-16-18-27-20-21-33-35(34(27)30(24)22-29)40-37(41-33)28-14-8-3-9-15-28;1-4-10-25(11-5-1)32-23-33(26-12-6-2-7-13-26)39-36(38-32)29-19-17-24-16-18-27-20-21-31-35(34(27)30(24)22-29)41-37(40-31)28-14-8-3-9-15-28;1-4-10-25(11-5-1)33-38-34(26-12-6-2-7-13-26)40-35(39-33)28-19-17-23-16-18-24-20-21-30-32(31(24)29(23)22-28)37-36(41-30)27-14-8-3-9-15-27/h2*1-23H;1-22H. The van der Waals surface area contributed by atoms with Gasteiger partial charge in [0.1, 0.15) is 16.6 Å². The summed E-state index contributed by atoms with van der Waals surface area (Å²) in [5, 5.41) is 13.1. The van der Waals surface area contributed by atoms with Crippen molar-refractivity contribution >= 4 is 97.9 Å². The van der Waals surface area contributed by atoms with Crippen molar-refractivity contribution in [3.8, 4) is 136 Å². The fourth-order valence-electron chi connectivity index (χ4n) is 16.2. The highest BCUT2D eigenvalue weighted by Gasteiger charge is 2.22. The average molecular weight is 1580 g/mol. The molecule has 24 rings (SSSR count). The first-order chi connectivity index (χ1) is 60.9. The van der Waals surface area contributed by atoms with Crippen molar-refractivity contribution in [2.75, 3.05) is 0 Å². The summed E-state index contributed by atoms with van der Waals surface area (Å²) < 4.78 is 18.9. The molecule has 13 heteroatoms. The maximum Gasteiger partial charge on any atom is 0.227 e. The number of hydrogen-bond acceptors (Lipinski definition) is 13. The summed E-state index contributed by atoms with van der Waals surface area (Å²) >= 11 is 0. The predicted octanol–water partition coefficient (Wildman–Crippen LogP) is 28.2. The van der Waals surface area contributed by atoms with Crippen LogP contribution >= 0.6 is 0 Å². The Bertz CT molecular complexity index is 7150. The van der Waals surface area contributed by atoms with Gasteiger partial charge in [0.05, 0.1) is 22.8 Å². The van der Waals surface area contributed by atoms with Crippen molar-refractivity contribution in [3.05, 3.63) is 413 Å². The van der Waals surface area contributed by atoms with E-state index in [1.54, 1.807) is 0 Å². The molecule has 0 radical (unpaired) electrons. The summed E-state index contributed by atoms with van der Waals surface area (Å²) in [6.07, 6.45) is 0. The molecule has 0 aliphatic carbocycles. The summed E-state index contributed by atoms with van der Waals surface area (Å²) in [5.41, 5.74) is 20.1. The van der Waals surface area contributed by atoms with Gasteiger partial charge in [-0.2, -0.15) is 0 Å². The zero-order chi connectivity index (χ0) is 81.5. The van der Waals surface area contributed by atoms with E-state index in [1.165, 1.54) is 0 Å². The van der Waals surface area contributed by atoms with Crippen LogP contribution in [0.5, 0.6) is 0 Å². The van der Waals surface area contributed by atoms with Crippen LogP contribution in [0.3, 0.4) is 0 Å². The lowest BCUT2D eigenvalue weighted by Gasteiger charge is -2.11. The second-order valence-corrected chi connectivity index (χ2v) is 30.1. The first-order valence-corrected chi connectivity index (χ1v) is 40.7. The average Bonchev–Trinajstić information content (AvgIpc) is 1.68. The van der Waals surface area contributed by atoms with Gasteiger partial charge in [0.2, 0.25) is 17.7 Å². The molecule has 24 aromatic rings. The number of hydrogen-bond donors (Lipinski definition) is 0. The van der Waals surface area contributed by atoms with Crippen molar-refractivity contribution in [1.82, 2.24) is 49.8 Å². The van der Waals surface area contributed by atoms with Crippen molar-refractivity contribution in [2.45, 2.75) is 0 Å². The van der Waals surface area contributed by atoms with Gasteiger partial charge in [-0.15, -0.1) is 0 Å². The maximum absolute atomic E-state index is 6.43. The van der Waals surface area contributed by atoms with E-state index in [9.17, 15) is 0 Å². The van der Waals surface area contributed by atoms with Crippen molar-refractivity contribution in [2.24, 2.45) is 0 Å². The van der Waals surface area contributed by atoms with Crippen LogP contribution in [0.2, 0.25) is 0 Å². The predicted molar refractivity (Wildman–Crippen MR) is 497 cm³/mol. The molecule has 0 saturated heterocycles. The van der Waals surface area contributed by atoms with Crippen molar-refractivity contribution in [3.63, 3.8) is 0 Å². The number of nitrogens with zero attached hydrogens (tertiary/aromatic N) is 10. The van der Waals surface area contributed by atoms with Crippen LogP contribution in [-0.4, -0.2) is 49.8 Å². The van der Waals surface area contributed by atoms with E-state index in [0.29, 0.717) is 46.8 Å². The highest BCUT2D eigenvalue weighted by molar-refractivity contribution is 6.21. The molecule has 0 bridgehead atoms. The van der Waals surface area contributed by atoms with Gasteiger partial charge in [0.15, 0.2) is 45.9 Å². The monoisotopic (exact) mass is 1580 g/mol. The van der Waals surface area contributed by atoms with Crippen LogP contribution in [0, 0.1) is 0 Å². The highest BCUT2D eigenvalue weighted by atomic mass is 16.4. The van der Waals surface area contributed by atoms with E-state index in [4.69, 9.17) is 63.1 Å².